The van der Waals surface area contributed by atoms with Crippen molar-refractivity contribution < 1.29 is 19.1 Å². The molecule has 170 valence electrons. The lowest BCUT2D eigenvalue weighted by molar-refractivity contribution is -0.146. The molecule has 0 radical (unpaired) electrons. The van der Waals surface area contributed by atoms with Crippen molar-refractivity contribution in [3.05, 3.63) is 11.9 Å². The summed E-state index contributed by atoms with van der Waals surface area (Å²) in [6.07, 6.45) is 5.46. The molecule has 0 aliphatic rings. The van der Waals surface area contributed by atoms with Crippen molar-refractivity contribution in [3.63, 3.8) is 0 Å². The summed E-state index contributed by atoms with van der Waals surface area (Å²) < 4.78 is 6.51. The van der Waals surface area contributed by atoms with E-state index in [-0.39, 0.29) is 48.6 Å². The van der Waals surface area contributed by atoms with Crippen molar-refractivity contribution in [3.8, 4) is 0 Å². The highest BCUT2D eigenvalue weighted by Crippen LogP contribution is 2.22. The minimum atomic E-state index is -0.551. The molecule has 1 amide bonds. The van der Waals surface area contributed by atoms with Crippen molar-refractivity contribution in [2.45, 2.75) is 86.6 Å². The monoisotopic (exact) mass is 422 g/mol. The Kier molecular flexibility index (Phi) is 10.2. The van der Waals surface area contributed by atoms with Gasteiger partial charge in [0.15, 0.2) is 0 Å². The zero-order valence-electron chi connectivity index (χ0n) is 19.4. The maximum absolute atomic E-state index is 12.0. The number of ketones is 1. The fraction of sp³-hybridized carbons (Fsp3) is 0.773. The SMILES string of the molecule is CC(C)(C)CCCC(=O)CC(=O)OCCNC(=O)Cn1cc(CCC(C)(C)C)nn1. The van der Waals surface area contributed by atoms with Gasteiger partial charge in [-0.3, -0.25) is 14.4 Å². The van der Waals surface area contributed by atoms with Crippen LogP contribution in [0.4, 0.5) is 0 Å². The Morgan fingerprint density at radius 3 is 2.37 bits per heavy atom. The van der Waals surface area contributed by atoms with Crippen molar-refractivity contribution in [1.29, 1.82) is 0 Å². The zero-order chi connectivity index (χ0) is 22.8. The molecule has 1 aromatic rings. The van der Waals surface area contributed by atoms with Gasteiger partial charge in [-0.05, 0) is 36.5 Å². The summed E-state index contributed by atoms with van der Waals surface area (Å²) in [5, 5.41) is 10.7. The van der Waals surface area contributed by atoms with Crippen LogP contribution < -0.4 is 5.32 Å². The van der Waals surface area contributed by atoms with Gasteiger partial charge in [-0.1, -0.05) is 46.8 Å². The number of amides is 1. The van der Waals surface area contributed by atoms with Crippen LogP contribution in [0.3, 0.4) is 0 Å². The molecule has 0 bridgehead atoms. The Hall–Kier alpha value is -2.25. The van der Waals surface area contributed by atoms with E-state index < -0.39 is 5.97 Å². The lowest BCUT2D eigenvalue weighted by Gasteiger charge is -2.17. The second-order valence-corrected chi connectivity index (χ2v) is 10.2. The molecule has 0 aromatic carbocycles. The van der Waals surface area contributed by atoms with Crippen LogP contribution in [0.2, 0.25) is 0 Å². The van der Waals surface area contributed by atoms with Crippen LogP contribution in [-0.4, -0.2) is 45.8 Å². The second-order valence-electron chi connectivity index (χ2n) is 10.2. The highest BCUT2D eigenvalue weighted by molar-refractivity contribution is 5.95. The number of aryl methyl sites for hydroxylation is 1. The van der Waals surface area contributed by atoms with Crippen LogP contribution in [0, 0.1) is 10.8 Å². The number of nitrogens with one attached hydrogen (secondary N) is 1. The predicted molar refractivity (Wildman–Crippen MR) is 115 cm³/mol. The lowest BCUT2D eigenvalue weighted by Crippen LogP contribution is -2.31. The maximum Gasteiger partial charge on any atom is 0.313 e. The average molecular weight is 423 g/mol. The van der Waals surface area contributed by atoms with E-state index >= 15 is 0 Å². The summed E-state index contributed by atoms with van der Waals surface area (Å²) in [5.41, 5.74) is 1.26. The lowest BCUT2D eigenvalue weighted by atomic mass is 9.89. The van der Waals surface area contributed by atoms with Crippen molar-refractivity contribution in [2.75, 3.05) is 13.2 Å². The van der Waals surface area contributed by atoms with Crippen LogP contribution >= 0.6 is 0 Å². The highest BCUT2D eigenvalue weighted by atomic mass is 16.5. The molecule has 0 aliphatic carbocycles. The van der Waals surface area contributed by atoms with Crippen molar-refractivity contribution >= 4 is 17.7 Å². The van der Waals surface area contributed by atoms with E-state index in [0.29, 0.717) is 6.42 Å². The molecule has 1 N–H and O–H groups in total. The molecule has 0 fully saturated rings. The van der Waals surface area contributed by atoms with Gasteiger partial charge in [-0.2, -0.15) is 0 Å². The Bertz CT molecular complexity index is 699. The molecule has 0 aliphatic heterocycles. The molecular formula is C22H38N4O4. The summed E-state index contributed by atoms with van der Waals surface area (Å²) in [7, 11) is 0. The molecule has 0 saturated heterocycles. The average Bonchev–Trinajstić information content (AvgIpc) is 3.02. The molecule has 0 atom stereocenters. The number of esters is 1. The predicted octanol–water partition coefficient (Wildman–Crippen LogP) is 3.09. The molecule has 8 nitrogen and oxygen atoms in total. The fourth-order valence-corrected chi connectivity index (χ4v) is 2.71. The summed E-state index contributed by atoms with van der Waals surface area (Å²) in [4.78, 5) is 35.5. The Balaban J connectivity index is 2.17. The molecule has 0 spiro atoms. The van der Waals surface area contributed by atoms with Crippen molar-refractivity contribution in [1.82, 2.24) is 20.3 Å². The Labute approximate surface area is 180 Å². The largest absolute Gasteiger partial charge is 0.463 e. The third-order valence-electron chi connectivity index (χ3n) is 4.43. The van der Waals surface area contributed by atoms with Gasteiger partial charge >= 0.3 is 5.97 Å². The number of hydrogen-bond donors (Lipinski definition) is 1. The van der Waals surface area contributed by atoms with Crippen LogP contribution in [0.15, 0.2) is 6.20 Å². The standard InChI is InChI=1S/C22H38N4O4/c1-21(2,3)10-7-8-18(27)14-20(29)30-13-12-23-19(28)16-26-15-17(24-25-26)9-11-22(4,5)6/h15H,7-14,16H2,1-6H3,(H,23,28). The molecule has 0 unspecified atom stereocenters. The first-order valence-corrected chi connectivity index (χ1v) is 10.7. The van der Waals surface area contributed by atoms with Gasteiger partial charge in [0.25, 0.3) is 0 Å². The van der Waals surface area contributed by atoms with Gasteiger partial charge in [0.05, 0.1) is 12.2 Å². The maximum atomic E-state index is 12.0. The van der Waals surface area contributed by atoms with Gasteiger partial charge in [0.1, 0.15) is 25.4 Å². The third-order valence-corrected chi connectivity index (χ3v) is 4.43. The van der Waals surface area contributed by atoms with E-state index in [9.17, 15) is 14.4 Å². The quantitative estimate of drug-likeness (QED) is 0.315. The van der Waals surface area contributed by atoms with Crippen LogP contribution in [0.25, 0.3) is 0 Å². The zero-order valence-corrected chi connectivity index (χ0v) is 19.4. The minimum Gasteiger partial charge on any atom is -0.463 e. The van der Waals surface area contributed by atoms with Gasteiger partial charge in [-0.25, -0.2) is 4.68 Å². The summed E-state index contributed by atoms with van der Waals surface area (Å²) in [6, 6.07) is 0. The summed E-state index contributed by atoms with van der Waals surface area (Å²) in [5.74, 6) is -0.900. The Morgan fingerprint density at radius 2 is 1.73 bits per heavy atom. The summed E-state index contributed by atoms with van der Waals surface area (Å²) in [6.45, 7) is 13.1. The molecule has 0 saturated carbocycles. The normalized spacial score (nSPS) is 11.9. The number of rotatable bonds is 12. The van der Waals surface area contributed by atoms with E-state index in [0.717, 1.165) is 31.4 Å². The minimum absolute atomic E-state index is 0.0357. The van der Waals surface area contributed by atoms with Gasteiger partial charge < -0.3 is 10.1 Å². The number of ether oxygens (including phenoxy) is 1. The van der Waals surface area contributed by atoms with E-state index in [4.69, 9.17) is 4.74 Å². The number of aromatic nitrogens is 3. The fourth-order valence-electron chi connectivity index (χ4n) is 2.71. The second kappa shape index (κ2) is 11.8. The number of carbonyl (C=O) groups excluding carboxylic acids is 3. The van der Waals surface area contributed by atoms with Gasteiger partial charge in [0.2, 0.25) is 5.91 Å². The van der Waals surface area contributed by atoms with E-state index in [2.05, 4.69) is 57.2 Å². The first-order valence-electron chi connectivity index (χ1n) is 10.7. The van der Waals surface area contributed by atoms with E-state index in [1.54, 1.807) is 6.20 Å². The summed E-state index contributed by atoms with van der Waals surface area (Å²) >= 11 is 0. The number of carbonyl (C=O) groups is 3. The van der Waals surface area contributed by atoms with Crippen LogP contribution in [-0.2, 0) is 32.1 Å². The Morgan fingerprint density at radius 1 is 1.07 bits per heavy atom. The number of Topliss-reactive ketones (excluding diaryl/α,β-unsaturated/α-hetero) is 1. The smallest absolute Gasteiger partial charge is 0.313 e. The topological polar surface area (TPSA) is 103 Å². The van der Waals surface area contributed by atoms with E-state index in [1.807, 2.05) is 0 Å². The van der Waals surface area contributed by atoms with Gasteiger partial charge in [0, 0.05) is 12.6 Å². The van der Waals surface area contributed by atoms with Crippen LogP contribution in [0.5, 0.6) is 0 Å². The molecule has 8 heteroatoms. The molecular weight excluding hydrogens is 384 g/mol. The molecule has 30 heavy (non-hydrogen) atoms. The highest BCUT2D eigenvalue weighted by Gasteiger charge is 2.15. The van der Waals surface area contributed by atoms with Gasteiger partial charge in [-0.15, -0.1) is 5.10 Å². The first kappa shape index (κ1) is 25.8. The van der Waals surface area contributed by atoms with Crippen molar-refractivity contribution in [2.24, 2.45) is 10.8 Å². The number of hydrogen-bond acceptors (Lipinski definition) is 6. The first-order chi connectivity index (χ1) is 13.8. The number of nitrogens with zero attached hydrogens (tertiary/aromatic N) is 3. The molecule has 1 heterocycles. The third kappa shape index (κ3) is 13.1. The van der Waals surface area contributed by atoms with E-state index in [1.165, 1.54) is 4.68 Å². The van der Waals surface area contributed by atoms with Crippen LogP contribution in [0.1, 0.15) is 79.3 Å². The molecule has 1 rings (SSSR count). The molecule has 1 aromatic heterocycles.